The third-order valence-electron chi connectivity index (χ3n) is 2.39. The van der Waals surface area contributed by atoms with Gasteiger partial charge in [-0.1, -0.05) is 0 Å². The molecule has 1 aromatic heterocycles. The molecule has 0 bridgehead atoms. The summed E-state index contributed by atoms with van der Waals surface area (Å²) in [6.07, 6.45) is 3.42. The van der Waals surface area contributed by atoms with Crippen molar-refractivity contribution in [3.63, 3.8) is 0 Å². The van der Waals surface area contributed by atoms with Crippen LogP contribution in [0.25, 0.3) is 0 Å². The zero-order chi connectivity index (χ0) is 11.4. The van der Waals surface area contributed by atoms with Gasteiger partial charge in [-0.2, -0.15) is 0 Å². The van der Waals surface area contributed by atoms with E-state index < -0.39 is 0 Å². The van der Waals surface area contributed by atoms with Crippen molar-refractivity contribution in [2.24, 2.45) is 0 Å². The summed E-state index contributed by atoms with van der Waals surface area (Å²) in [5.41, 5.74) is 0.776. The summed E-state index contributed by atoms with van der Waals surface area (Å²) in [6.45, 7) is 0.939. The Bertz CT molecular complexity index is 393. The first kappa shape index (κ1) is 10.5. The van der Waals surface area contributed by atoms with E-state index in [1.54, 1.807) is 17.2 Å². The molecule has 0 saturated carbocycles. The molecule has 84 valence electrons. The van der Waals surface area contributed by atoms with Crippen molar-refractivity contribution in [1.29, 1.82) is 0 Å². The molecular formula is C10H12N4O2. The zero-order valence-electron chi connectivity index (χ0n) is 8.72. The van der Waals surface area contributed by atoms with Crippen molar-refractivity contribution in [2.45, 2.75) is 13.0 Å². The quantitative estimate of drug-likeness (QED) is 0.717. The standard InChI is InChI=1S/C10H12N4O2/c15-9-2-4-14(10(16)5-12-9)6-8-1-3-11-7-13-8/h1,3,7H,2,4-6H2,(H,12,15). The third-order valence-corrected chi connectivity index (χ3v) is 2.39. The lowest BCUT2D eigenvalue weighted by Gasteiger charge is -2.18. The summed E-state index contributed by atoms with van der Waals surface area (Å²) in [5.74, 6) is -0.164. The third kappa shape index (κ3) is 2.53. The highest BCUT2D eigenvalue weighted by atomic mass is 16.2. The topological polar surface area (TPSA) is 75.2 Å². The van der Waals surface area contributed by atoms with Crippen LogP contribution in [0.4, 0.5) is 0 Å². The first-order chi connectivity index (χ1) is 7.75. The fourth-order valence-electron chi connectivity index (χ4n) is 1.51. The van der Waals surface area contributed by atoms with Gasteiger partial charge in [0.2, 0.25) is 11.8 Å². The number of hydrogen-bond donors (Lipinski definition) is 1. The van der Waals surface area contributed by atoms with Gasteiger partial charge in [0.05, 0.1) is 18.8 Å². The summed E-state index contributed by atoms with van der Waals surface area (Å²) in [5, 5.41) is 2.55. The van der Waals surface area contributed by atoms with Crippen LogP contribution >= 0.6 is 0 Å². The lowest BCUT2D eigenvalue weighted by atomic mass is 10.3. The smallest absolute Gasteiger partial charge is 0.242 e. The molecule has 2 rings (SSSR count). The number of aromatic nitrogens is 2. The van der Waals surface area contributed by atoms with Gasteiger partial charge in [0.15, 0.2) is 0 Å². The maximum absolute atomic E-state index is 11.6. The maximum Gasteiger partial charge on any atom is 0.242 e. The van der Waals surface area contributed by atoms with Crippen LogP contribution in [0.15, 0.2) is 18.6 Å². The van der Waals surface area contributed by atoms with Crippen molar-refractivity contribution in [1.82, 2.24) is 20.2 Å². The second kappa shape index (κ2) is 4.69. The fourth-order valence-corrected chi connectivity index (χ4v) is 1.51. The zero-order valence-corrected chi connectivity index (χ0v) is 8.72. The Morgan fingerprint density at radius 2 is 2.31 bits per heavy atom. The van der Waals surface area contributed by atoms with Crippen LogP contribution < -0.4 is 5.32 Å². The second-order valence-corrected chi connectivity index (χ2v) is 3.54. The van der Waals surface area contributed by atoms with Crippen molar-refractivity contribution >= 4 is 11.8 Å². The monoisotopic (exact) mass is 220 g/mol. The Labute approximate surface area is 92.7 Å². The lowest BCUT2D eigenvalue weighted by Crippen LogP contribution is -2.34. The molecular weight excluding hydrogens is 208 g/mol. The highest BCUT2D eigenvalue weighted by Crippen LogP contribution is 2.04. The molecule has 1 aliphatic rings. The Morgan fingerprint density at radius 3 is 3.06 bits per heavy atom. The number of nitrogens with one attached hydrogen (secondary N) is 1. The van der Waals surface area contributed by atoms with E-state index in [-0.39, 0.29) is 18.4 Å². The number of rotatable bonds is 2. The van der Waals surface area contributed by atoms with Crippen LogP contribution in [0, 0.1) is 0 Å². The molecule has 0 atom stereocenters. The number of carbonyl (C=O) groups excluding carboxylic acids is 2. The van der Waals surface area contributed by atoms with E-state index in [0.29, 0.717) is 19.5 Å². The summed E-state index contributed by atoms with van der Waals surface area (Å²) >= 11 is 0. The molecule has 16 heavy (non-hydrogen) atoms. The van der Waals surface area contributed by atoms with E-state index in [1.165, 1.54) is 6.33 Å². The predicted molar refractivity (Wildman–Crippen MR) is 55.1 cm³/mol. The van der Waals surface area contributed by atoms with Crippen LogP contribution in [0.2, 0.25) is 0 Å². The van der Waals surface area contributed by atoms with Gasteiger partial charge in [-0.25, -0.2) is 9.97 Å². The first-order valence-corrected chi connectivity index (χ1v) is 5.05. The minimum absolute atomic E-state index is 0.0733. The fraction of sp³-hybridized carbons (Fsp3) is 0.400. The average molecular weight is 220 g/mol. The van der Waals surface area contributed by atoms with Gasteiger partial charge in [-0.3, -0.25) is 9.59 Å². The minimum Gasteiger partial charge on any atom is -0.347 e. The number of nitrogens with zero attached hydrogens (tertiary/aromatic N) is 3. The van der Waals surface area contributed by atoms with Crippen LogP contribution in [-0.2, 0) is 16.1 Å². The van der Waals surface area contributed by atoms with Gasteiger partial charge in [0, 0.05) is 19.2 Å². The summed E-state index contributed by atoms with van der Waals surface area (Å²) in [4.78, 5) is 32.2. The molecule has 1 aliphatic heterocycles. The first-order valence-electron chi connectivity index (χ1n) is 5.05. The average Bonchev–Trinajstić information content (AvgIpc) is 2.46. The SMILES string of the molecule is O=C1CCN(Cc2ccncn2)C(=O)CN1. The second-order valence-electron chi connectivity index (χ2n) is 3.54. The molecule has 6 nitrogen and oxygen atoms in total. The van der Waals surface area contributed by atoms with Crippen molar-refractivity contribution in [2.75, 3.05) is 13.1 Å². The van der Waals surface area contributed by atoms with Crippen molar-refractivity contribution < 1.29 is 9.59 Å². The molecule has 6 heteroatoms. The van der Waals surface area contributed by atoms with E-state index in [0.717, 1.165) is 5.69 Å². The summed E-state index contributed by atoms with van der Waals surface area (Å²) in [6, 6.07) is 1.76. The molecule has 0 unspecified atom stereocenters. The van der Waals surface area contributed by atoms with Crippen LogP contribution in [0.5, 0.6) is 0 Å². The van der Waals surface area contributed by atoms with Gasteiger partial charge >= 0.3 is 0 Å². The van der Waals surface area contributed by atoms with Crippen molar-refractivity contribution in [3.05, 3.63) is 24.3 Å². The van der Waals surface area contributed by atoms with E-state index in [9.17, 15) is 9.59 Å². The lowest BCUT2D eigenvalue weighted by molar-refractivity contribution is -0.130. The van der Waals surface area contributed by atoms with Crippen molar-refractivity contribution in [3.8, 4) is 0 Å². The van der Waals surface area contributed by atoms with Gasteiger partial charge in [0.25, 0.3) is 0 Å². The van der Waals surface area contributed by atoms with E-state index in [4.69, 9.17) is 0 Å². The maximum atomic E-state index is 11.6. The van der Waals surface area contributed by atoms with E-state index >= 15 is 0 Å². The molecule has 1 saturated heterocycles. The summed E-state index contributed by atoms with van der Waals surface area (Å²) < 4.78 is 0. The Kier molecular flexibility index (Phi) is 3.09. The van der Waals surface area contributed by atoms with Gasteiger partial charge < -0.3 is 10.2 Å². The van der Waals surface area contributed by atoms with Crippen LogP contribution in [0.1, 0.15) is 12.1 Å². The largest absolute Gasteiger partial charge is 0.347 e. The van der Waals surface area contributed by atoms with Gasteiger partial charge in [-0.05, 0) is 6.07 Å². The van der Waals surface area contributed by atoms with Crippen LogP contribution in [0.3, 0.4) is 0 Å². The highest BCUT2D eigenvalue weighted by Gasteiger charge is 2.20. The molecule has 2 amide bonds. The molecule has 0 radical (unpaired) electrons. The Hall–Kier alpha value is -1.98. The van der Waals surface area contributed by atoms with Gasteiger partial charge in [-0.15, -0.1) is 0 Å². The Morgan fingerprint density at radius 1 is 1.44 bits per heavy atom. The van der Waals surface area contributed by atoms with E-state index in [2.05, 4.69) is 15.3 Å². The number of amides is 2. The Balaban J connectivity index is 2.03. The molecule has 0 aromatic carbocycles. The molecule has 1 fully saturated rings. The summed E-state index contributed by atoms with van der Waals surface area (Å²) in [7, 11) is 0. The minimum atomic E-state index is -0.0847. The van der Waals surface area contributed by atoms with Crippen LogP contribution in [-0.4, -0.2) is 39.8 Å². The number of hydrogen-bond acceptors (Lipinski definition) is 4. The predicted octanol–water partition coefficient (Wildman–Crippen LogP) is -0.675. The van der Waals surface area contributed by atoms with E-state index in [1.807, 2.05) is 0 Å². The molecule has 1 aromatic rings. The van der Waals surface area contributed by atoms with Gasteiger partial charge in [0.1, 0.15) is 6.33 Å². The molecule has 2 heterocycles. The highest BCUT2D eigenvalue weighted by molar-refractivity contribution is 5.87. The molecule has 1 N–H and O–H groups in total. The number of carbonyl (C=O) groups is 2. The normalized spacial score (nSPS) is 16.9. The molecule has 0 spiro atoms. The molecule has 0 aliphatic carbocycles.